The zero-order valence-corrected chi connectivity index (χ0v) is 17.3. The molecule has 1 aliphatic heterocycles. The molecule has 1 aromatic rings. The van der Waals surface area contributed by atoms with Gasteiger partial charge in [-0.3, -0.25) is 9.78 Å². The molecule has 8 heteroatoms. The van der Waals surface area contributed by atoms with Crippen LogP contribution >= 0.6 is 0 Å². The minimum Gasteiger partial charge on any atom is -0.465 e. The van der Waals surface area contributed by atoms with Gasteiger partial charge in [0.1, 0.15) is 6.10 Å². The Morgan fingerprint density at radius 1 is 1.38 bits per heavy atom. The summed E-state index contributed by atoms with van der Waals surface area (Å²) in [7, 11) is 0. The first-order chi connectivity index (χ1) is 14.0. The quantitative estimate of drug-likeness (QED) is 0.543. The van der Waals surface area contributed by atoms with Crippen LogP contribution in [0.25, 0.3) is 0 Å². The van der Waals surface area contributed by atoms with Crippen LogP contribution in [-0.4, -0.2) is 65.4 Å². The third kappa shape index (κ3) is 5.90. The number of nitrogens with zero attached hydrogens (tertiary/aromatic N) is 2. The molecule has 3 N–H and O–H groups in total. The van der Waals surface area contributed by atoms with E-state index in [-0.39, 0.29) is 18.0 Å². The molecule has 29 heavy (non-hydrogen) atoms. The van der Waals surface area contributed by atoms with E-state index in [4.69, 9.17) is 14.8 Å². The third-order valence-electron chi connectivity index (χ3n) is 5.50. The first-order valence-electron chi connectivity index (χ1n) is 10.6. The van der Waals surface area contributed by atoms with Crippen molar-refractivity contribution in [2.75, 3.05) is 26.2 Å². The molecule has 160 valence electrons. The van der Waals surface area contributed by atoms with E-state index in [9.17, 15) is 9.59 Å². The second-order valence-corrected chi connectivity index (χ2v) is 7.79. The summed E-state index contributed by atoms with van der Waals surface area (Å²) in [6.07, 6.45) is 2.85. The average Bonchev–Trinajstić information content (AvgIpc) is 3.56. The van der Waals surface area contributed by atoms with Crippen LogP contribution < -0.4 is 10.6 Å². The summed E-state index contributed by atoms with van der Waals surface area (Å²) < 4.78 is 5.72. The summed E-state index contributed by atoms with van der Waals surface area (Å²) in [5.74, 6) is 0.0641. The number of pyridine rings is 1. The number of carboxylic acid groups (broad SMARTS) is 1. The van der Waals surface area contributed by atoms with Crippen LogP contribution in [0.2, 0.25) is 0 Å². The number of morpholine rings is 1. The molecule has 0 spiro atoms. The van der Waals surface area contributed by atoms with Crippen molar-refractivity contribution in [2.45, 2.75) is 64.1 Å². The zero-order valence-electron chi connectivity index (χ0n) is 17.3. The Bertz CT molecular complexity index is 717. The molecule has 0 aromatic carbocycles. The number of hydrogen-bond donors (Lipinski definition) is 3. The Balaban J connectivity index is 1.74. The second kappa shape index (κ2) is 10.0. The highest BCUT2D eigenvalue weighted by Crippen LogP contribution is 2.35. The molecular formula is C21H32N4O4. The second-order valence-electron chi connectivity index (χ2n) is 7.79. The summed E-state index contributed by atoms with van der Waals surface area (Å²) >= 11 is 0. The molecule has 2 fully saturated rings. The maximum Gasteiger partial charge on any atom is 0.404 e. The Hall–Kier alpha value is -2.19. The predicted molar refractivity (Wildman–Crippen MR) is 109 cm³/mol. The van der Waals surface area contributed by atoms with E-state index in [0.29, 0.717) is 32.5 Å². The molecular weight excluding hydrogens is 372 g/mol. The van der Waals surface area contributed by atoms with Gasteiger partial charge >= 0.3 is 6.09 Å². The number of ether oxygens (including phenoxy) is 1. The Kier molecular flexibility index (Phi) is 7.44. The van der Waals surface area contributed by atoms with Crippen LogP contribution in [0.4, 0.5) is 4.79 Å². The normalized spacial score (nSPS) is 20.1. The lowest BCUT2D eigenvalue weighted by Gasteiger charge is -2.34. The predicted octanol–water partition coefficient (Wildman–Crippen LogP) is 1.88. The fourth-order valence-electron chi connectivity index (χ4n) is 3.78. The van der Waals surface area contributed by atoms with Crippen molar-refractivity contribution in [1.82, 2.24) is 20.5 Å². The molecule has 1 aliphatic carbocycles. The number of carbonyl (C=O) groups excluding carboxylic acids is 1. The fourth-order valence-corrected chi connectivity index (χ4v) is 3.78. The third-order valence-corrected chi connectivity index (χ3v) is 5.50. The van der Waals surface area contributed by atoms with Crippen LogP contribution in [0.15, 0.2) is 12.1 Å². The fraction of sp³-hybridized carbons (Fsp3) is 0.667. The van der Waals surface area contributed by atoms with Crippen LogP contribution in [-0.2, 0) is 22.4 Å². The van der Waals surface area contributed by atoms with Gasteiger partial charge in [0.15, 0.2) is 0 Å². The molecule has 0 bridgehead atoms. The maximum atomic E-state index is 13.2. The largest absolute Gasteiger partial charge is 0.465 e. The van der Waals surface area contributed by atoms with Gasteiger partial charge in [0.25, 0.3) is 5.91 Å². The molecule has 1 saturated heterocycles. The Labute approximate surface area is 172 Å². The SMILES string of the molecule is CCc1cc(C(C)N(C(=O)C2CNCCO2)C2CC2)cc(CCCNC(=O)O)n1. The highest BCUT2D eigenvalue weighted by Gasteiger charge is 2.40. The van der Waals surface area contributed by atoms with Gasteiger partial charge in [-0.05, 0) is 56.7 Å². The van der Waals surface area contributed by atoms with Crippen LogP contribution in [0.3, 0.4) is 0 Å². The maximum absolute atomic E-state index is 13.2. The van der Waals surface area contributed by atoms with E-state index >= 15 is 0 Å². The molecule has 1 aromatic heterocycles. The molecule has 2 amide bonds. The standard InChI is InChI=1S/C21H32N4O4/c1-3-16-11-15(12-17(24-16)5-4-8-23-21(27)28)14(2)25(18-6-7-18)20(26)19-13-22-9-10-29-19/h11-12,14,18-19,22-23H,3-10,13H2,1-2H3,(H,27,28). The van der Waals surface area contributed by atoms with Crippen LogP contribution in [0.5, 0.6) is 0 Å². The number of hydrogen-bond acceptors (Lipinski definition) is 5. The Morgan fingerprint density at radius 2 is 2.14 bits per heavy atom. The molecule has 8 nitrogen and oxygen atoms in total. The lowest BCUT2D eigenvalue weighted by Crippen LogP contribution is -2.50. The molecule has 2 heterocycles. The van der Waals surface area contributed by atoms with Crippen molar-refractivity contribution >= 4 is 12.0 Å². The van der Waals surface area contributed by atoms with Crippen molar-refractivity contribution in [1.29, 1.82) is 0 Å². The highest BCUT2D eigenvalue weighted by molar-refractivity contribution is 5.82. The van der Waals surface area contributed by atoms with Gasteiger partial charge in [-0.15, -0.1) is 0 Å². The average molecular weight is 405 g/mol. The molecule has 3 rings (SSSR count). The van der Waals surface area contributed by atoms with Crippen molar-refractivity contribution in [3.05, 3.63) is 29.1 Å². The topological polar surface area (TPSA) is 104 Å². The van der Waals surface area contributed by atoms with E-state index < -0.39 is 12.2 Å². The summed E-state index contributed by atoms with van der Waals surface area (Å²) in [4.78, 5) is 30.5. The smallest absolute Gasteiger partial charge is 0.404 e. The first kappa shape index (κ1) is 21.5. The van der Waals surface area contributed by atoms with E-state index in [1.807, 2.05) is 4.90 Å². The van der Waals surface area contributed by atoms with Crippen molar-refractivity contribution in [3.8, 4) is 0 Å². The van der Waals surface area contributed by atoms with Gasteiger partial charge in [-0.2, -0.15) is 0 Å². The van der Waals surface area contributed by atoms with Gasteiger partial charge in [0, 0.05) is 37.1 Å². The summed E-state index contributed by atoms with van der Waals surface area (Å²) in [6, 6.07) is 4.38. The van der Waals surface area contributed by atoms with Gasteiger partial charge in [0.05, 0.1) is 12.6 Å². The lowest BCUT2D eigenvalue weighted by molar-refractivity contribution is -0.148. The molecule has 2 unspecified atom stereocenters. The van der Waals surface area contributed by atoms with Crippen LogP contribution in [0.1, 0.15) is 56.1 Å². The van der Waals surface area contributed by atoms with Crippen LogP contribution in [0, 0.1) is 0 Å². The van der Waals surface area contributed by atoms with E-state index in [2.05, 4.69) is 36.6 Å². The number of nitrogens with one attached hydrogen (secondary N) is 2. The summed E-state index contributed by atoms with van der Waals surface area (Å²) in [5.41, 5.74) is 3.02. The molecule has 0 radical (unpaired) electrons. The van der Waals surface area contributed by atoms with Crippen molar-refractivity contribution in [2.24, 2.45) is 0 Å². The van der Waals surface area contributed by atoms with E-state index in [0.717, 1.165) is 42.8 Å². The number of amides is 2. The minimum absolute atomic E-state index is 0.0512. The highest BCUT2D eigenvalue weighted by atomic mass is 16.5. The Morgan fingerprint density at radius 3 is 2.76 bits per heavy atom. The van der Waals surface area contributed by atoms with Gasteiger partial charge in [-0.25, -0.2) is 4.79 Å². The minimum atomic E-state index is -1.01. The number of aromatic nitrogens is 1. The van der Waals surface area contributed by atoms with Gasteiger partial charge < -0.3 is 25.4 Å². The molecule has 1 saturated carbocycles. The van der Waals surface area contributed by atoms with Gasteiger partial charge in [-0.1, -0.05) is 6.92 Å². The van der Waals surface area contributed by atoms with E-state index in [1.165, 1.54) is 0 Å². The number of rotatable bonds is 9. The lowest BCUT2D eigenvalue weighted by atomic mass is 10.0. The molecule has 2 atom stereocenters. The van der Waals surface area contributed by atoms with E-state index in [1.54, 1.807) is 0 Å². The zero-order chi connectivity index (χ0) is 20.8. The van der Waals surface area contributed by atoms with Gasteiger partial charge in [0.2, 0.25) is 0 Å². The summed E-state index contributed by atoms with van der Waals surface area (Å²) in [5, 5.41) is 14.3. The summed E-state index contributed by atoms with van der Waals surface area (Å²) in [6.45, 7) is 6.46. The molecule has 2 aliphatic rings. The van der Waals surface area contributed by atoms with Crippen molar-refractivity contribution < 1.29 is 19.4 Å². The van der Waals surface area contributed by atoms with Crippen molar-refractivity contribution in [3.63, 3.8) is 0 Å². The number of carbonyl (C=O) groups is 2. The monoisotopic (exact) mass is 404 g/mol. The number of aryl methyl sites for hydroxylation is 2. The first-order valence-corrected chi connectivity index (χ1v) is 10.6.